The van der Waals surface area contributed by atoms with Crippen LogP contribution in [-0.4, -0.2) is 67.2 Å². The number of ether oxygens (including phenoxy) is 2. The quantitative estimate of drug-likeness (QED) is 0.159. The lowest BCUT2D eigenvalue weighted by molar-refractivity contribution is -0.384. The Kier molecular flexibility index (Phi) is 8.31. The van der Waals surface area contributed by atoms with E-state index in [0.717, 1.165) is 9.71 Å². The minimum Gasteiger partial charge on any atom is -0.497 e. The maximum atomic E-state index is 13.7. The Balaban J connectivity index is 1.47. The van der Waals surface area contributed by atoms with Crippen LogP contribution in [0.25, 0.3) is 10.2 Å². The van der Waals surface area contributed by atoms with Crippen LogP contribution in [0.2, 0.25) is 0 Å². The van der Waals surface area contributed by atoms with E-state index in [1.54, 1.807) is 25.3 Å². The Hall–Kier alpha value is -4.24. The second-order valence-electron chi connectivity index (χ2n) is 9.64. The molecule has 1 aliphatic heterocycles. The van der Waals surface area contributed by atoms with Gasteiger partial charge in [-0.1, -0.05) is 11.3 Å². The van der Waals surface area contributed by atoms with Crippen molar-refractivity contribution < 1.29 is 27.6 Å². The molecule has 218 valence electrons. The molecule has 2 unspecified atom stereocenters. The van der Waals surface area contributed by atoms with Crippen LogP contribution in [0.15, 0.2) is 76.7 Å². The van der Waals surface area contributed by atoms with E-state index in [0.29, 0.717) is 16.8 Å². The van der Waals surface area contributed by atoms with Gasteiger partial charge in [0.1, 0.15) is 5.75 Å². The lowest BCUT2D eigenvalue weighted by atomic mass is 10.2. The molecular formula is C28H27N5O7S2. The number of non-ortho nitro benzene ring substituents is 1. The maximum absolute atomic E-state index is 13.7. The molecule has 0 bridgehead atoms. The molecule has 1 aromatic heterocycles. The molecule has 0 aliphatic carbocycles. The smallest absolute Gasteiger partial charge is 0.280 e. The summed E-state index contributed by atoms with van der Waals surface area (Å²) in [5.74, 6) is 0.0857. The van der Waals surface area contributed by atoms with Gasteiger partial charge in [-0.2, -0.15) is 14.4 Å². The molecule has 12 nitrogen and oxygen atoms in total. The Bertz CT molecular complexity index is 1750. The van der Waals surface area contributed by atoms with Crippen LogP contribution >= 0.6 is 11.3 Å². The van der Waals surface area contributed by atoms with Crippen LogP contribution in [0.5, 0.6) is 5.75 Å². The van der Waals surface area contributed by atoms with Gasteiger partial charge >= 0.3 is 0 Å². The number of fused-ring (bicyclic) bond motifs is 1. The summed E-state index contributed by atoms with van der Waals surface area (Å²) < 4.78 is 39.7. The molecule has 1 saturated heterocycles. The SMILES string of the molecule is COc1ccc2nc(N(/N=C/c3ccc([N+](=O)[O-])cc3)C(=O)c3ccc(S(=O)(=O)N4CC(C)OC(C)C4)cc3)sc2c1. The highest BCUT2D eigenvalue weighted by Gasteiger charge is 2.32. The van der Waals surface area contributed by atoms with E-state index in [9.17, 15) is 23.3 Å². The zero-order valence-electron chi connectivity index (χ0n) is 22.9. The van der Waals surface area contributed by atoms with Gasteiger partial charge in [-0.05, 0) is 74.0 Å². The first-order chi connectivity index (χ1) is 20.0. The number of carbonyl (C=O) groups excluding carboxylic acids is 1. The molecule has 2 atom stereocenters. The number of hydrazone groups is 1. The molecule has 5 rings (SSSR count). The van der Waals surface area contributed by atoms with Crippen molar-refractivity contribution in [3.63, 3.8) is 0 Å². The molecule has 42 heavy (non-hydrogen) atoms. The van der Waals surface area contributed by atoms with Crippen molar-refractivity contribution in [2.75, 3.05) is 25.2 Å². The number of sulfonamides is 1. The second-order valence-corrected chi connectivity index (χ2v) is 12.6. The number of anilines is 1. The Morgan fingerprint density at radius 3 is 2.40 bits per heavy atom. The van der Waals surface area contributed by atoms with Crippen LogP contribution in [0.1, 0.15) is 29.8 Å². The summed E-state index contributed by atoms with van der Waals surface area (Å²) in [5, 5.41) is 16.8. The summed E-state index contributed by atoms with van der Waals surface area (Å²) in [6.07, 6.45) is 0.925. The molecule has 4 aromatic rings. The van der Waals surface area contributed by atoms with Crippen molar-refractivity contribution in [2.24, 2.45) is 5.10 Å². The number of amides is 1. The number of thiazole rings is 1. The average molecular weight is 610 g/mol. The van der Waals surface area contributed by atoms with Crippen molar-refractivity contribution in [1.29, 1.82) is 0 Å². The van der Waals surface area contributed by atoms with Crippen LogP contribution in [0.4, 0.5) is 10.8 Å². The lowest BCUT2D eigenvalue weighted by Gasteiger charge is -2.34. The van der Waals surface area contributed by atoms with Crippen LogP contribution in [0, 0.1) is 10.1 Å². The van der Waals surface area contributed by atoms with Gasteiger partial charge in [-0.25, -0.2) is 13.4 Å². The van der Waals surface area contributed by atoms with Gasteiger partial charge < -0.3 is 9.47 Å². The van der Waals surface area contributed by atoms with E-state index in [1.807, 2.05) is 13.8 Å². The van der Waals surface area contributed by atoms with E-state index in [1.165, 1.54) is 70.4 Å². The highest BCUT2D eigenvalue weighted by atomic mass is 32.2. The maximum Gasteiger partial charge on any atom is 0.280 e. The number of carbonyl (C=O) groups is 1. The molecule has 0 radical (unpaired) electrons. The summed E-state index contributed by atoms with van der Waals surface area (Å²) in [5.41, 5.74) is 1.28. The normalized spacial score (nSPS) is 17.9. The number of morpholine rings is 1. The highest BCUT2D eigenvalue weighted by molar-refractivity contribution is 7.89. The van der Waals surface area contributed by atoms with Crippen LogP contribution < -0.4 is 9.75 Å². The molecule has 3 aromatic carbocycles. The van der Waals surface area contributed by atoms with E-state index in [2.05, 4.69) is 10.1 Å². The standard InChI is InChI=1S/C28H27N5O7S2/c1-18-16-31(17-19(2)40-18)42(37,38)24-11-6-21(7-12-24)27(34)32(29-15-20-4-8-22(9-5-20)33(35)36)28-30-25-13-10-23(39-3)14-26(25)41-28/h4-15,18-19H,16-17H2,1-3H3/b29-15+. The summed E-state index contributed by atoms with van der Waals surface area (Å²) in [6.45, 7) is 4.12. The van der Waals surface area contributed by atoms with Crippen molar-refractivity contribution in [3.05, 3.63) is 88.0 Å². The number of nitrogens with zero attached hydrogens (tertiary/aromatic N) is 5. The molecule has 1 fully saturated rings. The summed E-state index contributed by atoms with van der Waals surface area (Å²) in [7, 11) is -2.24. The fraction of sp³-hybridized carbons (Fsp3) is 0.250. The summed E-state index contributed by atoms with van der Waals surface area (Å²) >= 11 is 1.22. The number of hydrogen-bond acceptors (Lipinski definition) is 10. The van der Waals surface area contributed by atoms with Gasteiger partial charge in [-0.3, -0.25) is 14.9 Å². The van der Waals surface area contributed by atoms with Crippen molar-refractivity contribution in [3.8, 4) is 5.75 Å². The van der Waals surface area contributed by atoms with Gasteiger partial charge in [0.25, 0.3) is 11.6 Å². The number of methoxy groups -OCH3 is 1. The minimum absolute atomic E-state index is 0.0633. The molecule has 14 heteroatoms. The lowest BCUT2D eigenvalue weighted by Crippen LogP contribution is -2.48. The topological polar surface area (TPSA) is 145 Å². The highest BCUT2D eigenvalue weighted by Crippen LogP contribution is 2.33. The summed E-state index contributed by atoms with van der Waals surface area (Å²) in [4.78, 5) is 28.9. The van der Waals surface area contributed by atoms with Gasteiger partial charge in [0.15, 0.2) is 0 Å². The van der Waals surface area contributed by atoms with E-state index in [4.69, 9.17) is 9.47 Å². The largest absolute Gasteiger partial charge is 0.497 e. The molecule has 0 N–H and O–H groups in total. The van der Waals surface area contributed by atoms with Gasteiger partial charge in [-0.15, -0.1) is 0 Å². The fourth-order valence-electron chi connectivity index (χ4n) is 4.47. The minimum atomic E-state index is -3.79. The predicted octanol–water partition coefficient (Wildman–Crippen LogP) is 4.69. The summed E-state index contributed by atoms with van der Waals surface area (Å²) in [6, 6.07) is 16.7. The first-order valence-electron chi connectivity index (χ1n) is 12.9. The zero-order chi connectivity index (χ0) is 30.0. The van der Waals surface area contributed by atoms with Gasteiger partial charge in [0, 0.05) is 30.8 Å². The van der Waals surface area contributed by atoms with E-state index >= 15 is 0 Å². The van der Waals surface area contributed by atoms with Crippen molar-refractivity contribution in [2.45, 2.75) is 31.0 Å². The Labute approximate surface area is 246 Å². The molecule has 1 amide bonds. The van der Waals surface area contributed by atoms with E-state index < -0.39 is 20.9 Å². The number of benzene rings is 3. The van der Waals surface area contributed by atoms with Gasteiger partial charge in [0.05, 0.1) is 45.6 Å². The Morgan fingerprint density at radius 1 is 1.12 bits per heavy atom. The third-order valence-electron chi connectivity index (χ3n) is 6.51. The van der Waals surface area contributed by atoms with Crippen molar-refractivity contribution >= 4 is 54.5 Å². The van der Waals surface area contributed by atoms with Crippen LogP contribution in [0.3, 0.4) is 0 Å². The number of aromatic nitrogens is 1. The number of nitro groups is 1. The fourth-order valence-corrected chi connectivity index (χ4v) is 7.01. The zero-order valence-corrected chi connectivity index (χ0v) is 24.5. The third kappa shape index (κ3) is 6.16. The number of nitro benzene ring substituents is 1. The van der Waals surface area contributed by atoms with Crippen LogP contribution in [-0.2, 0) is 14.8 Å². The Morgan fingerprint density at radius 2 is 1.79 bits per heavy atom. The first kappa shape index (κ1) is 29.3. The third-order valence-corrected chi connectivity index (χ3v) is 9.35. The predicted molar refractivity (Wildman–Crippen MR) is 159 cm³/mol. The second kappa shape index (κ2) is 11.9. The van der Waals surface area contributed by atoms with Gasteiger partial charge in [0.2, 0.25) is 15.2 Å². The molecule has 0 saturated carbocycles. The molecule has 2 heterocycles. The monoisotopic (exact) mass is 609 g/mol. The number of rotatable bonds is 8. The average Bonchev–Trinajstić information content (AvgIpc) is 3.40. The molecule has 0 spiro atoms. The van der Waals surface area contributed by atoms with E-state index in [-0.39, 0.29) is 46.6 Å². The number of hydrogen-bond donors (Lipinski definition) is 0. The molecule has 1 aliphatic rings. The van der Waals surface area contributed by atoms with Crippen molar-refractivity contribution in [1.82, 2.24) is 9.29 Å². The molecular weight excluding hydrogens is 582 g/mol. The first-order valence-corrected chi connectivity index (χ1v) is 15.1.